The number of urea groups is 1. The van der Waals surface area contributed by atoms with E-state index in [1.54, 1.807) is 4.90 Å². The largest absolute Gasteiger partial charge is 0.386 e. The fraction of sp³-hybridized carbons (Fsp3) is 0.676. The van der Waals surface area contributed by atoms with Crippen LogP contribution in [0.2, 0.25) is 0 Å². The van der Waals surface area contributed by atoms with E-state index in [1.807, 2.05) is 71.0 Å². The maximum Gasteiger partial charge on any atom is 0.318 e. The second kappa shape index (κ2) is 15.6. The molecule has 8 nitrogen and oxygen atoms in total. The van der Waals surface area contributed by atoms with Crippen molar-refractivity contribution in [1.29, 1.82) is 0 Å². The van der Waals surface area contributed by atoms with Crippen molar-refractivity contribution in [2.45, 2.75) is 128 Å². The number of carbonyl (C=O) groups excluding carboxylic acids is 3. The molecule has 1 saturated carbocycles. The van der Waals surface area contributed by atoms with Gasteiger partial charge >= 0.3 is 6.03 Å². The lowest BCUT2D eigenvalue weighted by molar-refractivity contribution is -0.130. The number of nitrogens with zero attached hydrogens (tertiary/aromatic N) is 1. The van der Waals surface area contributed by atoms with E-state index < -0.39 is 23.2 Å². The van der Waals surface area contributed by atoms with Crippen molar-refractivity contribution in [3.63, 3.8) is 0 Å². The molecule has 1 aliphatic carbocycles. The molecule has 0 bridgehead atoms. The van der Waals surface area contributed by atoms with Crippen molar-refractivity contribution >= 4 is 23.9 Å². The van der Waals surface area contributed by atoms with Crippen LogP contribution in [0.1, 0.15) is 110 Å². The minimum atomic E-state index is -0.800. The highest BCUT2D eigenvalue weighted by atomic mass is 16.3. The van der Waals surface area contributed by atoms with Gasteiger partial charge in [0.15, 0.2) is 0 Å². The van der Waals surface area contributed by atoms with Crippen molar-refractivity contribution in [3.8, 4) is 0 Å². The quantitative estimate of drug-likeness (QED) is 0.299. The van der Waals surface area contributed by atoms with Crippen molar-refractivity contribution < 1.29 is 19.5 Å². The highest BCUT2D eigenvalue weighted by molar-refractivity contribution is 5.92. The Bertz CT molecular complexity index is 1050. The van der Waals surface area contributed by atoms with Gasteiger partial charge < -0.3 is 26.0 Å². The predicted molar refractivity (Wildman–Crippen MR) is 169 cm³/mol. The van der Waals surface area contributed by atoms with Gasteiger partial charge in [0, 0.05) is 25.0 Å². The number of carbonyl (C=O) groups is 3. The Kier molecular flexibility index (Phi) is 12.5. The van der Waals surface area contributed by atoms with E-state index in [9.17, 15) is 19.5 Å². The number of rotatable bonds is 10. The molecule has 4 amide bonds. The standard InChI is InChI=1S/C34H54N4O4/c1-25(2)23-28(36-32(41)38-21-11-6-7-12-22-38)30(39)35-29(31(40)37-33(3,4)5)24-27-15-13-26(14-16-27)17-20-34(42)18-9-8-10-19-34/h13-17,20,25,28-29,42H,6-12,18-19,21-24H2,1-5H3,(H,35,39)(H,36,41)(H,37,40)/b20-17+. The molecule has 4 N–H and O–H groups in total. The van der Waals surface area contributed by atoms with Gasteiger partial charge in [0.2, 0.25) is 11.8 Å². The maximum atomic E-state index is 13.6. The molecule has 2 unspecified atom stereocenters. The third-order valence-electron chi connectivity index (χ3n) is 8.07. The van der Waals surface area contributed by atoms with Crippen LogP contribution < -0.4 is 16.0 Å². The monoisotopic (exact) mass is 582 g/mol. The van der Waals surface area contributed by atoms with Crippen LogP contribution in [0.25, 0.3) is 6.08 Å². The second-order valence-electron chi connectivity index (χ2n) is 13.8. The number of aliphatic hydroxyl groups is 1. The Labute approximate surface area is 253 Å². The maximum absolute atomic E-state index is 13.6. The fourth-order valence-corrected chi connectivity index (χ4v) is 5.74. The van der Waals surface area contributed by atoms with Crippen molar-refractivity contribution in [3.05, 3.63) is 41.5 Å². The summed E-state index contributed by atoms with van der Waals surface area (Å²) < 4.78 is 0. The summed E-state index contributed by atoms with van der Waals surface area (Å²) in [7, 11) is 0. The summed E-state index contributed by atoms with van der Waals surface area (Å²) >= 11 is 0. The Morgan fingerprint density at radius 3 is 2.05 bits per heavy atom. The number of hydrogen-bond acceptors (Lipinski definition) is 4. The molecular formula is C34H54N4O4. The molecular weight excluding hydrogens is 528 g/mol. The van der Waals surface area contributed by atoms with Crippen molar-refractivity contribution in [2.24, 2.45) is 5.92 Å². The molecule has 2 atom stereocenters. The summed E-state index contributed by atoms with van der Waals surface area (Å²) in [5.41, 5.74) is 0.691. The predicted octanol–water partition coefficient (Wildman–Crippen LogP) is 5.34. The number of hydrogen-bond donors (Lipinski definition) is 4. The molecule has 0 spiro atoms. The Hall–Kier alpha value is -2.87. The minimum Gasteiger partial charge on any atom is -0.386 e. The molecule has 1 saturated heterocycles. The molecule has 3 rings (SSSR count). The first kappa shape index (κ1) is 33.6. The summed E-state index contributed by atoms with van der Waals surface area (Å²) in [4.78, 5) is 41.9. The van der Waals surface area contributed by atoms with E-state index >= 15 is 0 Å². The average Bonchev–Trinajstić information content (AvgIpc) is 3.21. The zero-order valence-electron chi connectivity index (χ0n) is 26.5. The van der Waals surface area contributed by atoms with Gasteiger partial charge in [-0.3, -0.25) is 9.59 Å². The van der Waals surface area contributed by atoms with Crippen molar-refractivity contribution in [2.75, 3.05) is 13.1 Å². The van der Waals surface area contributed by atoms with Crippen LogP contribution in [0.15, 0.2) is 30.3 Å². The highest BCUT2D eigenvalue weighted by Gasteiger charge is 2.30. The molecule has 1 aromatic rings. The van der Waals surface area contributed by atoms with Crippen LogP contribution in [0.5, 0.6) is 0 Å². The fourth-order valence-electron chi connectivity index (χ4n) is 5.74. The normalized spacial score (nSPS) is 19.2. The molecule has 42 heavy (non-hydrogen) atoms. The van der Waals surface area contributed by atoms with Gasteiger partial charge in [0.05, 0.1) is 5.60 Å². The Balaban J connectivity index is 1.72. The van der Waals surface area contributed by atoms with Gasteiger partial charge in [0.25, 0.3) is 0 Å². The van der Waals surface area contributed by atoms with Gasteiger partial charge in [-0.1, -0.05) is 82.4 Å². The molecule has 8 heteroatoms. The van der Waals surface area contributed by atoms with E-state index in [0.29, 0.717) is 25.9 Å². The molecule has 1 aliphatic heterocycles. The van der Waals surface area contributed by atoms with Gasteiger partial charge in [-0.15, -0.1) is 0 Å². The van der Waals surface area contributed by atoms with Crippen LogP contribution in [0, 0.1) is 5.92 Å². The number of benzene rings is 1. The Morgan fingerprint density at radius 1 is 0.881 bits per heavy atom. The summed E-state index contributed by atoms with van der Waals surface area (Å²) in [5.74, 6) is -0.429. The summed E-state index contributed by atoms with van der Waals surface area (Å²) in [6.45, 7) is 11.2. The zero-order valence-corrected chi connectivity index (χ0v) is 26.5. The van der Waals surface area contributed by atoms with Crippen LogP contribution in [-0.2, 0) is 16.0 Å². The third-order valence-corrected chi connectivity index (χ3v) is 8.07. The number of nitrogens with one attached hydrogen (secondary N) is 3. The molecule has 1 aromatic carbocycles. The highest BCUT2D eigenvalue weighted by Crippen LogP contribution is 2.29. The summed E-state index contributed by atoms with van der Waals surface area (Å²) in [5, 5.41) is 19.7. The van der Waals surface area contributed by atoms with E-state index in [1.165, 1.54) is 6.42 Å². The first-order chi connectivity index (χ1) is 19.8. The first-order valence-corrected chi connectivity index (χ1v) is 16.0. The molecule has 1 heterocycles. The summed E-state index contributed by atoms with van der Waals surface area (Å²) in [6, 6.07) is 6.12. The summed E-state index contributed by atoms with van der Waals surface area (Å²) in [6.07, 6.45) is 13.7. The average molecular weight is 583 g/mol. The topological polar surface area (TPSA) is 111 Å². The zero-order chi connectivity index (χ0) is 30.8. The number of amides is 4. The van der Waals surface area contributed by atoms with Crippen LogP contribution >= 0.6 is 0 Å². The first-order valence-electron chi connectivity index (χ1n) is 16.0. The molecule has 0 radical (unpaired) electrons. The van der Waals surface area contributed by atoms with E-state index in [0.717, 1.165) is 62.5 Å². The van der Waals surface area contributed by atoms with Crippen LogP contribution in [-0.4, -0.2) is 64.2 Å². The van der Waals surface area contributed by atoms with E-state index in [2.05, 4.69) is 16.0 Å². The molecule has 2 aliphatic rings. The van der Waals surface area contributed by atoms with Gasteiger partial charge in [0.1, 0.15) is 12.1 Å². The number of likely N-dealkylation sites (tertiary alicyclic amines) is 1. The van der Waals surface area contributed by atoms with Gasteiger partial charge in [-0.25, -0.2) is 4.79 Å². The molecule has 0 aromatic heterocycles. The van der Waals surface area contributed by atoms with Gasteiger partial charge in [-0.05, 0) is 69.9 Å². The van der Waals surface area contributed by atoms with Crippen molar-refractivity contribution in [1.82, 2.24) is 20.9 Å². The smallest absolute Gasteiger partial charge is 0.318 e. The van der Waals surface area contributed by atoms with Crippen LogP contribution in [0.3, 0.4) is 0 Å². The molecule has 2 fully saturated rings. The lowest BCUT2D eigenvalue weighted by atomic mass is 9.84. The van der Waals surface area contributed by atoms with E-state index in [4.69, 9.17) is 0 Å². The lowest BCUT2D eigenvalue weighted by Crippen LogP contribution is -2.58. The molecule has 234 valence electrons. The lowest BCUT2D eigenvalue weighted by Gasteiger charge is -2.29. The SMILES string of the molecule is CC(C)CC(NC(=O)N1CCCCCC1)C(=O)NC(Cc1ccc(/C=C/C2(O)CCCCC2)cc1)C(=O)NC(C)(C)C. The van der Waals surface area contributed by atoms with Crippen LogP contribution in [0.4, 0.5) is 4.79 Å². The minimum absolute atomic E-state index is 0.180. The Morgan fingerprint density at radius 2 is 1.48 bits per heavy atom. The third kappa shape index (κ3) is 11.4. The second-order valence-corrected chi connectivity index (χ2v) is 13.8. The van der Waals surface area contributed by atoms with Gasteiger partial charge in [-0.2, -0.15) is 0 Å². The van der Waals surface area contributed by atoms with E-state index in [-0.39, 0.29) is 23.8 Å².